The molecule has 84 valence electrons. The van der Waals surface area contributed by atoms with Gasteiger partial charge >= 0.3 is 0 Å². The summed E-state index contributed by atoms with van der Waals surface area (Å²) in [5.41, 5.74) is 0.224. The highest BCUT2D eigenvalue weighted by atomic mass is 35.5. The Morgan fingerprint density at radius 2 is 1.73 bits per heavy atom. The van der Waals surface area contributed by atoms with Crippen molar-refractivity contribution in [1.29, 1.82) is 0 Å². The van der Waals surface area contributed by atoms with Gasteiger partial charge in [-0.3, -0.25) is 0 Å². The second-order valence-electron chi connectivity index (χ2n) is 3.44. The van der Waals surface area contributed by atoms with Crippen LogP contribution in [-0.2, 0) is 0 Å². The van der Waals surface area contributed by atoms with Crippen LogP contribution < -0.4 is 5.32 Å². The molecule has 0 unspecified atom stereocenters. The van der Waals surface area contributed by atoms with Crippen molar-refractivity contribution < 1.29 is 13.2 Å². The lowest BCUT2D eigenvalue weighted by Crippen LogP contribution is -2.14. The summed E-state index contributed by atoms with van der Waals surface area (Å²) < 4.78 is 38.7. The van der Waals surface area contributed by atoms with Crippen LogP contribution in [0.15, 0.2) is 12.1 Å². The molecule has 1 aliphatic rings. The number of rotatable bonds is 1. The van der Waals surface area contributed by atoms with E-state index in [1.807, 2.05) is 0 Å². The van der Waals surface area contributed by atoms with Gasteiger partial charge in [-0.25, -0.2) is 13.2 Å². The molecule has 1 nitrogen and oxygen atoms in total. The molecule has 0 radical (unpaired) electrons. The van der Waals surface area contributed by atoms with Crippen LogP contribution in [0.2, 0.25) is 0 Å². The van der Waals surface area contributed by atoms with E-state index in [9.17, 15) is 13.2 Å². The normalized spacial score (nSPS) is 20.1. The van der Waals surface area contributed by atoms with Crippen molar-refractivity contribution in [2.75, 3.05) is 6.54 Å². The third kappa shape index (κ3) is 2.44. The second-order valence-corrected chi connectivity index (χ2v) is 3.44. The van der Waals surface area contributed by atoms with Crippen LogP contribution in [0.5, 0.6) is 0 Å². The standard InChI is InChI=1S/C10H10F3N.ClH/c11-7-5-9(13)8(12)4-6(7)10-2-1-3-14-10;/h4-5,10,14H,1-3H2;1H/t10-;/m0./s1. The van der Waals surface area contributed by atoms with Crippen molar-refractivity contribution in [3.63, 3.8) is 0 Å². The van der Waals surface area contributed by atoms with Gasteiger partial charge in [0, 0.05) is 17.7 Å². The Morgan fingerprint density at radius 1 is 1.07 bits per heavy atom. The van der Waals surface area contributed by atoms with Crippen molar-refractivity contribution >= 4 is 12.4 Å². The largest absolute Gasteiger partial charge is 0.310 e. The fraction of sp³-hybridized carbons (Fsp3) is 0.400. The van der Waals surface area contributed by atoms with Crippen LogP contribution in [0, 0.1) is 17.5 Å². The number of halogens is 4. The van der Waals surface area contributed by atoms with Crippen LogP contribution in [0.4, 0.5) is 13.2 Å². The first-order valence-electron chi connectivity index (χ1n) is 4.56. The van der Waals surface area contributed by atoms with E-state index in [4.69, 9.17) is 0 Å². The molecule has 1 aromatic rings. The van der Waals surface area contributed by atoms with E-state index >= 15 is 0 Å². The number of hydrogen-bond donors (Lipinski definition) is 1. The van der Waals surface area contributed by atoms with Gasteiger partial charge in [0.05, 0.1) is 0 Å². The fourth-order valence-electron chi connectivity index (χ4n) is 1.75. The van der Waals surface area contributed by atoms with Gasteiger partial charge in [0.15, 0.2) is 11.6 Å². The van der Waals surface area contributed by atoms with E-state index < -0.39 is 17.5 Å². The molecule has 1 saturated heterocycles. The van der Waals surface area contributed by atoms with Gasteiger partial charge < -0.3 is 5.32 Å². The zero-order chi connectivity index (χ0) is 10.1. The first kappa shape index (κ1) is 12.3. The Hall–Kier alpha value is -0.740. The van der Waals surface area contributed by atoms with Gasteiger partial charge in [0.2, 0.25) is 0 Å². The Morgan fingerprint density at radius 3 is 2.33 bits per heavy atom. The number of benzene rings is 1. The first-order valence-corrected chi connectivity index (χ1v) is 4.56. The zero-order valence-electron chi connectivity index (χ0n) is 7.90. The van der Waals surface area contributed by atoms with Crippen LogP contribution in [-0.4, -0.2) is 6.54 Å². The molecule has 1 heterocycles. The second kappa shape index (κ2) is 4.86. The Bertz CT molecular complexity index is 351. The molecule has 0 bridgehead atoms. The molecule has 0 spiro atoms. The molecule has 1 aromatic carbocycles. The van der Waals surface area contributed by atoms with E-state index in [1.165, 1.54) is 0 Å². The molecule has 1 aliphatic heterocycles. The van der Waals surface area contributed by atoms with Crippen LogP contribution in [0.25, 0.3) is 0 Å². The maximum Gasteiger partial charge on any atom is 0.161 e. The quantitative estimate of drug-likeness (QED) is 0.741. The highest BCUT2D eigenvalue weighted by Crippen LogP contribution is 2.26. The molecule has 0 amide bonds. The molecule has 0 aromatic heterocycles. The van der Waals surface area contributed by atoms with Gasteiger partial charge in [0.25, 0.3) is 0 Å². The topological polar surface area (TPSA) is 12.0 Å². The minimum atomic E-state index is -1.13. The minimum Gasteiger partial charge on any atom is -0.310 e. The van der Waals surface area contributed by atoms with Crippen molar-refractivity contribution in [2.24, 2.45) is 0 Å². The molecule has 2 rings (SSSR count). The molecule has 1 fully saturated rings. The summed E-state index contributed by atoms with van der Waals surface area (Å²) in [4.78, 5) is 0. The lowest BCUT2D eigenvalue weighted by molar-refractivity contribution is 0.480. The molecular formula is C10H11ClF3N. The van der Waals surface area contributed by atoms with Gasteiger partial charge in [-0.2, -0.15) is 0 Å². The van der Waals surface area contributed by atoms with Crippen molar-refractivity contribution in [2.45, 2.75) is 18.9 Å². The van der Waals surface area contributed by atoms with Gasteiger partial charge in [-0.05, 0) is 25.5 Å². The summed E-state index contributed by atoms with van der Waals surface area (Å²) in [6.45, 7) is 0.795. The van der Waals surface area contributed by atoms with Gasteiger partial charge in [0.1, 0.15) is 5.82 Å². The number of hydrogen-bond acceptors (Lipinski definition) is 1. The summed E-state index contributed by atoms with van der Waals surface area (Å²) in [6, 6.07) is 1.36. The van der Waals surface area contributed by atoms with Crippen LogP contribution in [0.1, 0.15) is 24.4 Å². The minimum absolute atomic E-state index is 0. The third-order valence-electron chi connectivity index (χ3n) is 2.48. The monoisotopic (exact) mass is 237 g/mol. The fourth-order valence-corrected chi connectivity index (χ4v) is 1.75. The highest BCUT2D eigenvalue weighted by Gasteiger charge is 2.21. The Balaban J connectivity index is 0.00000112. The Labute approximate surface area is 92.1 Å². The SMILES string of the molecule is Cl.Fc1cc(F)c([C@@H]2CCCN2)cc1F. The van der Waals surface area contributed by atoms with Crippen molar-refractivity contribution in [1.82, 2.24) is 5.32 Å². The van der Waals surface area contributed by atoms with E-state index in [-0.39, 0.29) is 24.0 Å². The van der Waals surface area contributed by atoms with Crippen LogP contribution >= 0.6 is 12.4 Å². The molecule has 0 saturated carbocycles. The van der Waals surface area contributed by atoms with E-state index in [0.717, 1.165) is 25.5 Å². The molecule has 5 heteroatoms. The zero-order valence-corrected chi connectivity index (χ0v) is 8.71. The van der Waals surface area contributed by atoms with Gasteiger partial charge in [-0.15, -0.1) is 12.4 Å². The average molecular weight is 238 g/mol. The van der Waals surface area contributed by atoms with E-state index in [0.29, 0.717) is 6.07 Å². The van der Waals surface area contributed by atoms with E-state index in [2.05, 4.69) is 5.32 Å². The highest BCUT2D eigenvalue weighted by molar-refractivity contribution is 5.85. The van der Waals surface area contributed by atoms with Crippen LogP contribution in [0.3, 0.4) is 0 Å². The lowest BCUT2D eigenvalue weighted by Gasteiger charge is -2.11. The third-order valence-corrected chi connectivity index (χ3v) is 2.48. The predicted molar refractivity (Wildman–Crippen MR) is 53.5 cm³/mol. The summed E-state index contributed by atoms with van der Waals surface area (Å²) in [5.74, 6) is -2.80. The summed E-state index contributed by atoms with van der Waals surface area (Å²) in [7, 11) is 0. The van der Waals surface area contributed by atoms with Crippen molar-refractivity contribution in [3.05, 3.63) is 35.1 Å². The average Bonchev–Trinajstić information content (AvgIpc) is 2.64. The van der Waals surface area contributed by atoms with Crippen molar-refractivity contribution in [3.8, 4) is 0 Å². The van der Waals surface area contributed by atoms with E-state index in [1.54, 1.807) is 0 Å². The molecule has 15 heavy (non-hydrogen) atoms. The van der Waals surface area contributed by atoms with Gasteiger partial charge in [-0.1, -0.05) is 0 Å². The molecule has 1 atom stereocenters. The predicted octanol–water partition coefficient (Wildman–Crippen LogP) is 2.95. The smallest absolute Gasteiger partial charge is 0.161 e. The summed E-state index contributed by atoms with van der Waals surface area (Å²) in [5, 5.41) is 3.03. The summed E-state index contributed by atoms with van der Waals surface area (Å²) >= 11 is 0. The molecule has 0 aliphatic carbocycles. The Kier molecular flexibility index (Phi) is 3.99. The molecular weight excluding hydrogens is 227 g/mol. The first-order chi connectivity index (χ1) is 6.68. The maximum atomic E-state index is 13.2. The summed E-state index contributed by atoms with van der Waals surface area (Å²) in [6.07, 6.45) is 1.70. The maximum absolute atomic E-state index is 13.2. The number of nitrogens with one attached hydrogen (secondary N) is 1. The lowest BCUT2D eigenvalue weighted by atomic mass is 10.0. The molecule has 1 N–H and O–H groups in total.